The number of nitrogens with two attached hydrogens (primary N) is 4. The van der Waals surface area contributed by atoms with Gasteiger partial charge in [-0.3, -0.25) is 0 Å². The van der Waals surface area contributed by atoms with E-state index in [0.29, 0.717) is 22.8 Å². The quantitative estimate of drug-likeness (QED) is 0.441. The highest BCUT2D eigenvalue weighted by Crippen LogP contribution is 2.36. The molecule has 0 heterocycles. The number of benzene rings is 1. The normalized spacial score (nSPS) is 9.75. The molecule has 0 amide bonds. The standard InChI is InChI=1S/C7H12N4O/c1-12-4-2-3(8)5(9)7(11)6(4)10/h2H,8-11H2,1H3. The average molecular weight is 168 g/mol. The van der Waals surface area contributed by atoms with Crippen LogP contribution in [0.1, 0.15) is 0 Å². The first-order chi connectivity index (χ1) is 5.57. The zero-order valence-corrected chi connectivity index (χ0v) is 6.79. The summed E-state index contributed by atoms with van der Waals surface area (Å²) < 4.78 is 4.92. The van der Waals surface area contributed by atoms with E-state index in [1.165, 1.54) is 7.11 Å². The van der Waals surface area contributed by atoms with Gasteiger partial charge in [-0.2, -0.15) is 0 Å². The van der Waals surface area contributed by atoms with Gasteiger partial charge >= 0.3 is 0 Å². The monoisotopic (exact) mass is 168 g/mol. The molecular weight excluding hydrogens is 156 g/mol. The highest BCUT2D eigenvalue weighted by Gasteiger charge is 2.09. The van der Waals surface area contributed by atoms with Crippen LogP contribution >= 0.6 is 0 Å². The minimum absolute atomic E-state index is 0.270. The number of ether oxygens (including phenoxy) is 1. The van der Waals surface area contributed by atoms with Gasteiger partial charge < -0.3 is 27.7 Å². The van der Waals surface area contributed by atoms with Crippen molar-refractivity contribution >= 4 is 22.7 Å². The SMILES string of the molecule is COc1cc(N)c(N)c(N)c1N. The topological polar surface area (TPSA) is 113 Å². The van der Waals surface area contributed by atoms with E-state index in [1.54, 1.807) is 6.07 Å². The minimum Gasteiger partial charge on any atom is -0.494 e. The van der Waals surface area contributed by atoms with E-state index >= 15 is 0 Å². The van der Waals surface area contributed by atoms with Gasteiger partial charge in [-0.15, -0.1) is 0 Å². The summed E-state index contributed by atoms with van der Waals surface area (Å²) in [5.41, 5.74) is 23.4. The average Bonchev–Trinajstić information content (AvgIpc) is 2.08. The molecule has 5 heteroatoms. The highest BCUT2D eigenvalue weighted by molar-refractivity contribution is 5.89. The summed E-state index contributed by atoms with van der Waals surface area (Å²) in [6.45, 7) is 0. The van der Waals surface area contributed by atoms with Crippen LogP contribution in [0.5, 0.6) is 5.75 Å². The molecular formula is C7H12N4O. The first-order valence-electron chi connectivity index (χ1n) is 3.34. The first kappa shape index (κ1) is 8.32. The molecule has 0 radical (unpaired) electrons. The predicted octanol–water partition coefficient (Wildman–Crippen LogP) is 0.0240. The van der Waals surface area contributed by atoms with Crippen LogP contribution in [0.15, 0.2) is 6.07 Å². The van der Waals surface area contributed by atoms with E-state index in [2.05, 4.69) is 0 Å². The van der Waals surface area contributed by atoms with Crippen molar-refractivity contribution < 1.29 is 4.74 Å². The molecule has 1 rings (SSSR count). The van der Waals surface area contributed by atoms with Gasteiger partial charge in [0.2, 0.25) is 0 Å². The van der Waals surface area contributed by atoms with Crippen LogP contribution in [0.25, 0.3) is 0 Å². The van der Waals surface area contributed by atoms with Crippen molar-refractivity contribution in [2.75, 3.05) is 30.0 Å². The van der Waals surface area contributed by atoms with Gasteiger partial charge in [-0.05, 0) is 0 Å². The van der Waals surface area contributed by atoms with Gasteiger partial charge in [0.1, 0.15) is 5.75 Å². The second kappa shape index (κ2) is 2.69. The molecule has 5 nitrogen and oxygen atoms in total. The van der Waals surface area contributed by atoms with Crippen molar-refractivity contribution in [1.29, 1.82) is 0 Å². The molecule has 0 bridgehead atoms. The number of hydrogen-bond donors (Lipinski definition) is 4. The summed E-state index contributed by atoms with van der Waals surface area (Å²) in [6, 6.07) is 1.54. The second-order valence-electron chi connectivity index (χ2n) is 2.41. The summed E-state index contributed by atoms with van der Waals surface area (Å²) in [6.07, 6.45) is 0. The Kier molecular flexibility index (Phi) is 1.86. The fourth-order valence-electron chi connectivity index (χ4n) is 0.899. The molecule has 0 aliphatic rings. The van der Waals surface area contributed by atoms with Crippen LogP contribution in [-0.4, -0.2) is 7.11 Å². The maximum absolute atomic E-state index is 5.58. The van der Waals surface area contributed by atoms with Crippen LogP contribution in [0.3, 0.4) is 0 Å². The van der Waals surface area contributed by atoms with E-state index in [4.69, 9.17) is 27.7 Å². The van der Waals surface area contributed by atoms with E-state index < -0.39 is 0 Å². The Labute approximate surface area is 70.3 Å². The van der Waals surface area contributed by atoms with Crippen LogP contribution in [0, 0.1) is 0 Å². The Morgan fingerprint density at radius 1 is 1.00 bits per heavy atom. The van der Waals surface area contributed by atoms with Crippen LogP contribution in [0.4, 0.5) is 22.7 Å². The van der Waals surface area contributed by atoms with Crippen LogP contribution in [-0.2, 0) is 0 Å². The lowest BCUT2D eigenvalue weighted by atomic mass is 10.2. The number of nitrogen functional groups attached to an aromatic ring is 4. The van der Waals surface area contributed by atoms with Gasteiger partial charge in [-0.25, -0.2) is 0 Å². The lowest BCUT2D eigenvalue weighted by Crippen LogP contribution is -2.05. The molecule has 0 atom stereocenters. The molecule has 0 fully saturated rings. The molecule has 0 spiro atoms. The molecule has 12 heavy (non-hydrogen) atoms. The van der Waals surface area contributed by atoms with Crippen molar-refractivity contribution in [2.24, 2.45) is 0 Å². The van der Waals surface area contributed by atoms with Gasteiger partial charge in [-0.1, -0.05) is 0 Å². The van der Waals surface area contributed by atoms with E-state index in [0.717, 1.165) is 0 Å². The molecule has 0 aliphatic heterocycles. The van der Waals surface area contributed by atoms with Gasteiger partial charge in [0, 0.05) is 6.07 Å². The molecule has 1 aromatic carbocycles. The van der Waals surface area contributed by atoms with Gasteiger partial charge in [0.05, 0.1) is 29.9 Å². The van der Waals surface area contributed by atoms with E-state index in [-0.39, 0.29) is 5.69 Å². The van der Waals surface area contributed by atoms with Crippen molar-refractivity contribution in [3.8, 4) is 5.75 Å². The summed E-state index contributed by atoms with van der Waals surface area (Å²) in [7, 11) is 1.49. The third kappa shape index (κ3) is 1.05. The number of methoxy groups -OCH3 is 1. The third-order valence-electron chi connectivity index (χ3n) is 1.66. The van der Waals surface area contributed by atoms with Gasteiger partial charge in [0.25, 0.3) is 0 Å². The summed E-state index contributed by atoms with van der Waals surface area (Å²) in [5.74, 6) is 0.444. The van der Waals surface area contributed by atoms with Crippen molar-refractivity contribution in [1.82, 2.24) is 0 Å². The molecule has 66 valence electrons. The molecule has 1 aromatic rings. The number of rotatable bonds is 1. The number of hydrogen-bond acceptors (Lipinski definition) is 5. The largest absolute Gasteiger partial charge is 0.494 e. The van der Waals surface area contributed by atoms with Crippen LogP contribution in [0.2, 0.25) is 0 Å². The Morgan fingerprint density at radius 2 is 1.58 bits per heavy atom. The Balaban J connectivity index is 3.39. The lowest BCUT2D eigenvalue weighted by molar-refractivity contribution is 0.417. The first-order valence-corrected chi connectivity index (χ1v) is 3.34. The zero-order valence-electron chi connectivity index (χ0n) is 6.79. The Bertz CT molecular complexity index is 311. The second-order valence-corrected chi connectivity index (χ2v) is 2.41. The lowest BCUT2D eigenvalue weighted by Gasteiger charge is -2.11. The van der Waals surface area contributed by atoms with Crippen molar-refractivity contribution in [3.05, 3.63) is 6.07 Å². The van der Waals surface area contributed by atoms with E-state index in [1.807, 2.05) is 0 Å². The predicted molar refractivity (Wildman–Crippen MR) is 50.6 cm³/mol. The van der Waals surface area contributed by atoms with Crippen molar-refractivity contribution in [2.45, 2.75) is 0 Å². The Morgan fingerprint density at radius 3 is 2.08 bits per heavy atom. The summed E-state index contributed by atoms with van der Waals surface area (Å²) in [4.78, 5) is 0. The molecule has 8 N–H and O–H groups in total. The smallest absolute Gasteiger partial charge is 0.146 e. The molecule has 0 aromatic heterocycles. The van der Waals surface area contributed by atoms with E-state index in [9.17, 15) is 0 Å². The molecule has 0 saturated carbocycles. The fourth-order valence-corrected chi connectivity index (χ4v) is 0.899. The molecule has 0 unspecified atom stereocenters. The maximum Gasteiger partial charge on any atom is 0.146 e. The molecule has 0 saturated heterocycles. The zero-order chi connectivity index (χ0) is 9.30. The van der Waals surface area contributed by atoms with Crippen LogP contribution < -0.4 is 27.7 Å². The third-order valence-corrected chi connectivity index (χ3v) is 1.66. The highest BCUT2D eigenvalue weighted by atomic mass is 16.5. The summed E-state index contributed by atoms with van der Waals surface area (Å²) in [5, 5.41) is 0. The molecule has 0 aliphatic carbocycles. The Hall–Kier alpha value is -1.78. The summed E-state index contributed by atoms with van der Waals surface area (Å²) >= 11 is 0. The van der Waals surface area contributed by atoms with Gasteiger partial charge in [0.15, 0.2) is 0 Å². The van der Waals surface area contributed by atoms with Crippen molar-refractivity contribution in [3.63, 3.8) is 0 Å². The minimum atomic E-state index is 0.270. The maximum atomic E-state index is 5.58. The number of anilines is 4. The fraction of sp³-hybridized carbons (Fsp3) is 0.143.